The molecule has 0 amide bonds. The maximum absolute atomic E-state index is 9.36. The Hall–Kier alpha value is -3.72. The van der Waals surface area contributed by atoms with Crippen molar-refractivity contribution in [2.75, 3.05) is 5.73 Å². The summed E-state index contributed by atoms with van der Waals surface area (Å²) in [7, 11) is 0. The number of nitrogens with two attached hydrogens (primary N) is 1. The lowest BCUT2D eigenvalue weighted by atomic mass is 10.1. The van der Waals surface area contributed by atoms with Crippen molar-refractivity contribution >= 4 is 11.3 Å². The van der Waals surface area contributed by atoms with E-state index in [-0.39, 0.29) is 0 Å². The molecular weight excluding hydrogens is 300 g/mol. The minimum absolute atomic E-state index is 0.474. The van der Waals surface area contributed by atoms with Gasteiger partial charge in [-0.3, -0.25) is 4.98 Å². The predicted molar refractivity (Wildman–Crippen MR) is 90.8 cm³/mol. The second-order valence-electron chi connectivity index (χ2n) is 5.27. The van der Waals surface area contributed by atoms with E-state index in [1.54, 1.807) is 35.1 Å². The molecule has 0 saturated carbocycles. The first-order valence-corrected chi connectivity index (χ1v) is 7.32. The lowest BCUT2D eigenvalue weighted by Crippen LogP contribution is -1.96. The Kier molecular flexibility index (Phi) is 3.18. The molecule has 0 atom stereocenters. The maximum atomic E-state index is 9.36. The van der Waals surface area contributed by atoms with Gasteiger partial charge in [-0.15, -0.1) is 5.10 Å². The van der Waals surface area contributed by atoms with Gasteiger partial charge in [-0.1, -0.05) is 0 Å². The SMILES string of the molecule is N#Cc1ccc(-c2ccncc2)n2nc(-c3ccc(N)cc3)nc12. The second-order valence-corrected chi connectivity index (χ2v) is 5.27. The summed E-state index contributed by atoms with van der Waals surface area (Å²) in [5, 5.41) is 13.9. The van der Waals surface area contributed by atoms with Crippen LogP contribution in [0, 0.1) is 11.3 Å². The molecule has 3 heterocycles. The summed E-state index contributed by atoms with van der Waals surface area (Å²) in [5.74, 6) is 0.549. The lowest BCUT2D eigenvalue weighted by Gasteiger charge is -2.04. The summed E-state index contributed by atoms with van der Waals surface area (Å²) >= 11 is 0. The van der Waals surface area contributed by atoms with E-state index < -0.39 is 0 Å². The molecule has 0 aliphatic rings. The summed E-state index contributed by atoms with van der Waals surface area (Å²) < 4.78 is 1.69. The van der Waals surface area contributed by atoms with Gasteiger partial charge in [0.1, 0.15) is 6.07 Å². The fourth-order valence-electron chi connectivity index (χ4n) is 2.54. The lowest BCUT2D eigenvalue weighted by molar-refractivity contribution is 0.971. The highest BCUT2D eigenvalue weighted by atomic mass is 15.3. The summed E-state index contributed by atoms with van der Waals surface area (Å²) in [6.45, 7) is 0. The van der Waals surface area contributed by atoms with Gasteiger partial charge in [-0.2, -0.15) is 5.26 Å². The molecule has 0 fully saturated rings. The number of hydrogen-bond donors (Lipinski definition) is 1. The minimum Gasteiger partial charge on any atom is -0.399 e. The quantitative estimate of drug-likeness (QED) is 0.574. The number of nitrogen functional groups attached to an aromatic ring is 1. The first-order chi connectivity index (χ1) is 11.8. The van der Waals surface area contributed by atoms with Gasteiger partial charge in [0.25, 0.3) is 0 Å². The van der Waals surface area contributed by atoms with E-state index in [9.17, 15) is 5.26 Å². The number of rotatable bonds is 2. The third-order valence-electron chi connectivity index (χ3n) is 3.75. The van der Waals surface area contributed by atoms with Crippen LogP contribution in [0.4, 0.5) is 5.69 Å². The Morgan fingerprint density at radius 1 is 0.917 bits per heavy atom. The van der Waals surface area contributed by atoms with E-state index in [2.05, 4.69) is 21.1 Å². The van der Waals surface area contributed by atoms with Gasteiger partial charge in [0.2, 0.25) is 0 Å². The Bertz CT molecular complexity index is 1060. The number of anilines is 1. The molecule has 114 valence electrons. The largest absolute Gasteiger partial charge is 0.399 e. The van der Waals surface area contributed by atoms with Gasteiger partial charge >= 0.3 is 0 Å². The van der Waals surface area contributed by atoms with Gasteiger partial charge in [0.15, 0.2) is 11.5 Å². The molecule has 4 rings (SSSR count). The predicted octanol–water partition coefficient (Wildman–Crippen LogP) is 2.91. The van der Waals surface area contributed by atoms with Crippen molar-refractivity contribution in [3.8, 4) is 28.7 Å². The van der Waals surface area contributed by atoms with Crippen LogP contribution >= 0.6 is 0 Å². The Morgan fingerprint density at radius 3 is 2.38 bits per heavy atom. The molecule has 0 spiro atoms. The molecule has 0 aliphatic carbocycles. The molecule has 24 heavy (non-hydrogen) atoms. The van der Waals surface area contributed by atoms with Crippen molar-refractivity contribution in [3.63, 3.8) is 0 Å². The Labute approximate surface area is 137 Å². The highest BCUT2D eigenvalue weighted by Gasteiger charge is 2.14. The zero-order chi connectivity index (χ0) is 16.5. The molecule has 4 aromatic rings. The van der Waals surface area contributed by atoms with Crippen molar-refractivity contribution in [1.82, 2.24) is 19.6 Å². The highest BCUT2D eigenvalue weighted by Crippen LogP contribution is 2.24. The molecular formula is C18H12N6. The van der Waals surface area contributed by atoms with Crippen LogP contribution in [0.2, 0.25) is 0 Å². The Morgan fingerprint density at radius 2 is 1.67 bits per heavy atom. The van der Waals surface area contributed by atoms with Crippen molar-refractivity contribution < 1.29 is 0 Å². The van der Waals surface area contributed by atoms with Crippen molar-refractivity contribution in [3.05, 3.63) is 66.5 Å². The molecule has 0 saturated heterocycles. The van der Waals surface area contributed by atoms with Crippen LogP contribution in [-0.4, -0.2) is 19.6 Å². The van der Waals surface area contributed by atoms with Crippen molar-refractivity contribution in [2.24, 2.45) is 0 Å². The summed E-state index contributed by atoms with van der Waals surface area (Å²) in [6.07, 6.45) is 3.44. The normalized spacial score (nSPS) is 10.6. The minimum atomic E-state index is 0.474. The zero-order valence-corrected chi connectivity index (χ0v) is 12.6. The maximum Gasteiger partial charge on any atom is 0.182 e. The molecule has 2 N–H and O–H groups in total. The van der Waals surface area contributed by atoms with Gasteiger partial charge in [-0.05, 0) is 48.5 Å². The topological polar surface area (TPSA) is 92.9 Å². The standard InChI is InChI=1S/C18H12N6/c19-11-14-3-6-16(12-7-9-21-10-8-12)24-18(14)22-17(23-24)13-1-4-15(20)5-2-13/h1-10H,20H2. The van der Waals surface area contributed by atoms with Crippen molar-refractivity contribution in [1.29, 1.82) is 5.26 Å². The number of fused-ring (bicyclic) bond motifs is 1. The van der Waals surface area contributed by atoms with Crippen LogP contribution in [0.3, 0.4) is 0 Å². The number of aromatic nitrogens is 4. The zero-order valence-electron chi connectivity index (χ0n) is 12.6. The molecule has 0 bridgehead atoms. The number of benzene rings is 1. The summed E-state index contributed by atoms with van der Waals surface area (Å²) in [4.78, 5) is 8.58. The van der Waals surface area contributed by atoms with Crippen LogP contribution in [0.1, 0.15) is 5.56 Å². The van der Waals surface area contributed by atoms with Crippen LogP contribution in [0.25, 0.3) is 28.3 Å². The van der Waals surface area contributed by atoms with E-state index in [0.29, 0.717) is 22.7 Å². The third-order valence-corrected chi connectivity index (χ3v) is 3.75. The van der Waals surface area contributed by atoms with Crippen molar-refractivity contribution in [2.45, 2.75) is 0 Å². The molecule has 6 nitrogen and oxygen atoms in total. The number of nitrogens with zero attached hydrogens (tertiary/aromatic N) is 5. The molecule has 6 heteroatoms. The van der Waals surface area contributed by atoms with Crippen LogP contribution in [-0.2, 0) is 0 Å². The molecule has 0 unspecified atom stereocenters. The average molecular weight is 312 g/mol. The van der Waals surface area contributed by atoms with Gasteiger partial charge in [0.05, 0.1) is 11.3 Å². The van der Waals surface area contributed by atoms with Gasteiger partial charge < -0.3 is 5.73 Å². The fraction of sp³-hybridized carbons (Fsp3) is 0. The molecule has 0 radical (unpaired) electrons. The van der Waals surface area contributed by atoms with Gasteiger partial charge in [0, 0.05) is 29.2 Å². The fourth-order valence-corrected chi connectivity index (χ4v) is 2.54. The van der Waals surface area contributed by atoms with E-state index in [1.807, 2.05) is 30.3 Å². The van der Waals surface area contributed by atoms with E-state index in [4.69, 9.17) is 5.73 Å². The van der Waals surface area contributed by atoms with Crippen LogP contribution in [0.15, 0.2) is 60.9 Å². The second kappa shape index (κ2) is 5.48. The summed E-state index contributed by atoms with van der Waals surface area (Å²) in [5.41, 5.74) is 10.1. The smallest absolute Gasteiger partial charge is 0.182 e. The molecule has 0 aliphatic heterocycles. The third kappa shape index (κ3) is 2.25. The van der Waals surface area contributed by atoms with E-state index >= 15 is 0 Å². The van der Waals surface area contributed by atoms with Crippen LogP contribution in [0.5, 0.6) is 0 Å². The summed E-state index contributed by atoms with van der Waals surface area (Å²) in [6, 6.07) is 16.9. The number of pyridine rings is 2. The highest BCUT2D eigenvalue weighted by molar-refractivity contribution is 5.70. The molecule has 3 aromatic heterocycles. The van der Waals surface area contributed by atoms with Crippen LogP contribution < -0.4 is 5.73 Å². The van der Waals surface area contributed by atoms with E-state index in [0.717, 1.165) is 16.8 Å². The van der Waals surface area contributed by atoms with E-state index in [1.165, 1.54) is 0 Å². The average Bonchev–Trinajstić information content (AvgIpc) is 3.07. The van der Waals surface area contributed by atoms with Gasteiger partial charge in [-0.25, -0.2) is 9.50 Å². The number of nitriles is 1. The Balaban J connectivity index is 1.97. The first kappa shape index (κ1) is 13.9. The molecule has 1 aromatic carbocycles. The monoisotopic (exact) mass is 312 g/mol. The first-order valence-electron chi connectivity index (χ1n) is 7.32. The number of hydrogen-bond acceptors (Lipinski definition) is 5.